The number of hydrogen-bond donors (Lipinski definition) is 1. The van der Waals surface area contributed by atoms with Crippen LogP contribution in [-0.2, 0) is 6.54 Å². The first kappa shape index (κ1) is 21.4. The van der Waals surface area contributed by atoms with E-state index in [1.807, 2.05) is 47.7 Å². The normalized spacial score (nSPS) is 11.0. The van der Waals surface area contributed by atoms with Gasteiger partial charge in [-0.05, 0) is 13.0 Å². The van der Waals surface area contributed by atoms with Crippen LogP contribution in [0.5, 0.6) is 0 Å². The molecule has 1 N–H and O–H groups in total. The van der Waals surface area contributed by atoms with Crippen molar-refractivity contribution in [3.63, 3.8) is 0 Å². The molecule has 5 aromatic rings. The zero-order valence-corrected chi connectivity index (χ0v) is 18.8. The summed E-state index contributed by atoms with van der Waals surface area (Å²) >= 11 is 1.27. The van der Waals surface area contributed by atoms with Crippen LogP contribution in [-0.4, -0.2) is 30.2 Å². The summed E-state index contributed by atoms with van der Waals surface area (Å²) in [5, 5.41) is 14.0. The Morgan fingerprint density at radius 2 is 1.85 bits per heavy atom. The van der Waals surface area contributed by atoms with Gasteiger partial charge in [0, 0.05) is 35.2 Å². The number of fused-ring (bicyclic) bond motifs is 1. The zero-order valence-electron chi connectivity index (χ0n) is 18.0. The molecule has 0 fully saturated rings. The summed E-state index contributed by atoms with van der Waals surface area (Å²) in [6.45, 7) is 2.11. The number of thiazole rings is 1. The van der Waals surface area contributed by atoms with Crippen LogP contribution in [0.1, 0.15) is 21.1 Å². The van der Waals surface area contributed by atoms with Crippen molar-refractivity contribution in [2.75, 3.05) is 0 Å². The predicted molar refractivity (Wildman–Crippen MR) is 129 cm³/mol. The number of aryl methyl sites for hydroxylation is 1. The lowest BCUT2D eigenvalue weighted by atomic mass is 10.1. The second-order valence-electron chi connectivity index (χ2n) is 7.55. The van der Waals surface area contributed by atoms with Gasteiger partial charge in [0.1, 0.15) is 11.2 Å². The molecule has 34 heavy (non-hydrogen) atoms. The van der Waals surface area contributed by atoms with Gasteiger partial charge in [0.25, 0.3) is 11.6 Å². The van der Waals surface area contributed by atoms with E-state index >= 15 is 0 Å². The Morgan fingerprint density at radius 3 is 2.62 bits per heavy atom. The van der Waals surface area contributed by atoms with Gasteiger partial charge in [-0.25, -0.2) is 15.0 Å². The first-order valence-corrected chi connectivity index (χ1v) is 11.2. The Kier molecular flexibility index (Phi) is 5.56. The summed E-state index contributed by atoms with van der Waals surface area (Å²) < 4.78 is 1.83. The third kappa shape index (κ3) is 4.14. The van der Waals surface area contributed by atoms with Crippen molar-refractivity contribution >= 4 is 27.9 Å². The molecule has 3 heterocycles. The number of nitro groups is 1. The second kappa shape index (κ2) is 8.83. The number of hydrogen-bond acceptors (Lipinski definition) is 7. The van der Waals surface area contributed by atoms with Gasteiger partial charge in [0.2, 0.25) is 0 Å². The number of non-ortho nitro benzene ring substituents is 1. The first-order valence-electron chi connectivity index (χ1n) is 10.4. The van der Waals surface area contributed by atoms with E-state index in [2.05, 4.69) is 20.3 Å². The van der Waals surface area contributed by atoms with Crippen LogP contribution in [0.4, 0.5) is 5.69 Å². The lowest BCUT2D eigenvalue weighted by Crippen LogP contribution is -2.23. The molecule has 0 aliphatic carbocycles. The highest BCUT2D eigenvalue weighted by atomic mass is 32.1. The number of nitrogens with zero attached hydrogens (tertiary/aromatic N) is 5. The minimum Gasteiger partial charge on any atom is -0.346 e. The smallest absolute Gasteiger partial charge is 0.270 e. The summed E-state index contributed by atoms with van der Waals surface area (Å²) in [5.74, 6) is -0.218. The average Bonchev–Trinajstić information content (AvgIpc) is 3.43. The van der Waals surface area contributed by atoms with Crippen molar-refractivity contribution in [2.45, 2.75) is 13.5 Å². The molecule has 0 spiro atoms. The topological polar surface area (TPSA) is 115 Å². The third-order valence-corrected chi connectivity index (χ3v) is 6.49. The Morgan fingerprint density at radius 1 is 1.06 bits per heavy atom. The molecule has 168 valence electrons. The molecule has 0 bridgehead atoms. The minimum atomic E-state index is -0.434. The van der Waals surface area contributed by atoms with E-state index in [1.165, 1.54) is 29.8 Å². The molecule has 3 aromatic heterocycles. The van der Waals surface area contributed by atoms with Crippen molar-refractivity contribution in [3.8, 4) is 22.5 Å². The van der Waals surface area contributed by atoms with Crippen molar-refractivity contribution in [2.24, 2.45) is 0 Å². The lowest BCUT2D eigenvalue weighted by molar-refractivity contribution is -0.384. The summed E-state index contributed by atoms with van der Waals surface area (Å²) in [6, 6.07) is 18.0. The number of aromatic nitrogens is 4. The van der Waals surface area contributed by atoms with E-state index in [0.717, 1.165) is 17.0 Å². The van der Waals surface area contributed by atoms with Crippen LogP contribution < -0.4 is 5.32 Å². The molecule has 0 radical (unpaired) electrons. The molecule has 2 aromatic carbocycles. The van der Waals surface area contributed by atoms with Gasteiger partial charge in [0.05, 0.1) is 28.5 Å². The quantitative estimate of drug-likeness (QED) is 0.285. The highest BCUT2D eigenvalue weighted by Gasteiger charge is 2.19. The van der Waals surface area contributed by atoms with Crippen molar-refractivity contribution in [3.05, 3.63) is 99.6 Å². The van der Waals surface area contributed by atoms with E-state index in [0.29, 0.717) is 26.8 Å². The molecule has 1 amide bonds. The zero-order chi connectivity index (χ0) is 23.7. The van der Waals surface area contributed by atoms with Gasteiger partial charge in [-0.15, -0.1) is 0 Å². The number of benzene rings is 2. The highest BCUT2D eigenvalue weighted by Crippen LogP contribution is 2.28. The maximum Gasteiger partial charge on any atom is 0.270 e. The SMILES string of the molecule is Cc1c(C(=O)NCc2cc(-c3ccccc3)ncn2)sc2nc(-c3cccc([N+](=O)[O-])c3)cn12. The van der Waals surface area contributed by atoms with Crippen LogP contribution in [0.25, 0.3) is 27.5 Å². The summed E-state index contributed by atoms with van der Waals surface area (Å²) in [4.78, 5) is 37.8. The molecule has 0 atom stereocenters. The summed E-state index contributed by atoms with van der Waals surface area (Å²) in [7, 11) is 0. The minimum absolute atomic E-state index is 0.00536. The molecule has 9 nitrogen and oxygen atoms in total. The third-order valence-electron chi connectivity index (χ3n) is 5.34. The van der Waals surface area contributed by atoms with Gasteiger partial charge in [-0.1, -0.05) is 53.8 Å². The highest BCUT2D eigenvalue weighted by molar-refractivity contribution is 7.19. The Bertz CT molecular complexity index is 1530. The molecule has 0 aliphatic heterocycles. The number of nitro benzene ring substituents is 1. The van der Waals surface area contributed by atoms with Gasteiger partial charge >= 0.3 is 0 Å². The molecule has 5 rings (SSSR count). The fourth-order valence-corrected chi connectivity index (χ4v) is 4.62. The lowest BCUT2D eigenvalue weighted by Gasteiger charge is -2.06. The van der Waals surface area contributed by atoms with E-state index < -0.39 is 4.92 Å². The van der Waals surface area contributed by atoms with Gasteiger partial charge in [-0.2, -0.15) is 0 Å². The number of carbonyl (C=O) groups excluding carboxylic acids is 1. The van der Waals surface area contributed by atoms with Crippen LogP contribution in [0.3, 0.4) is 0 Å². The standard InChI is InChI=1S/C24H18N6O3S/c1-15-22(23(31)25-12-18-11-20(27-14-26-18)16-6-3-2-4-7-16)34-24-28-21(13-29(15)24)17-8-5-9-19(10-17)30(32)33/h2-11,13-14H,12H2,1H3,(H,25,31). The van der Waals surface area contributed by atoms with Crippen molar-refractivity contribution < 1.29 is 9.72 Å². The van der Waals surface area contributed by atoms with Crippen LogP contribution in [0, 0.1) is 17.0 Å². The fourth-order valence-electron chi connectivity index (χ4n) is 3.59. The molecule has 0 aliphatic rings. The van der Waals surface area contributed by atoms with Crippen LogP contribution in [0.15, 0.2) is 73.2 Å². The molecule has 10 heteroatoms. The molecule has 0 unspecified atom stereocenters. The van der Waals surface area contributed by atoms with E-state index in [4.69, 9.17) is 0 Å². The van der Waals surface area contributed by atoms with Gasteiger partial charge in [0.15, 0.2) is 4.96 Å². The van der Waals surface area contributed by atoms with Gasteiger partial charge < -0.3 is 5.32 Å². The van der Waals surface area contributed by atoms with Crippen LogP contribution in [0.2, 0.25) is 0 Å². The number of imidazole rings is 1. The monoisotopic (exact) mass is 470 g/mol. The Labute approximate surface area is 197 Å². The second-order valence-corrected chi connectivity index (χ2v) is 8.52. The maximum atomic E-state index is 12.9. The number of amides is 1. The Hall–Kier alpha value is -4.44. The van der Waals surface area contributed by atoms with E-state index in [9.17, 15) is 14.9 Å². The number of rotatable bonds is 6. The van der Waals surface area contributed by atoms with Gasteiger partial charge in [-0.3, -0.25) is 19.3 Å². The van der Waals surface area contributed by atoms with Crippen molar-refractivity contribution in [1.29, 1.82) is 0 Å². The molecular weight excluding hydrogens is 452 g/mol. The van der Waals surface area contributed by atoms with Crippen molar-refractivity contribution in [1.82, 2.24) is 24.7 Å². The summed E-state index contributed by atoms with van der Waals surface area (Å²) in [6.07, 6.45) is 3.28. The van der Waals surface area contributed by atoms with E-state index in [-0.39, 0.29) is 18.1 Å². The van der Waals surface area contributed by atoms with Crippen LogP contribution >= 0.6 is 11.3 Å². The molecule has 0 saturated carbocycles. The first-order chi connectivity index (χ1) is 16.5. The molecule has 0 saturated heterocycles. The average molecular weight is 471 g/mol. The number of carbonyl (C=O) groups is 1. The molecular formula is C24H18N6O3S. The summed E-state index contributed by atoms with van der Waals surface area (Å²) in [5.41, 5.74) is 4.48. The fraction of sp³-hybridized carbons (Fsp3) is 0.0833. The predicted octanol–water partition coefficient (Wildman–Crippen LogP) is 4.67. The van der Waals surface area contributed by atoms with E-state index in [1.54, 1.807) is 18.3 Å². The Balaban J connectivity index is 1.33. The maximum absolute atomic E-state index is 12.9. The number of nitrogens with one attached hydrogen (secondary N) is 1. The largest absolute Gasteiger partial charge is 0.346 e.